The van der Waals surface area contributed by atoms with Gasteiger partial charge in [-0.05, 0) is 12.1 Å². The summed E-state index contributed by atoms with van der Waals surface area (Å²) in [4.78, 5) is 13.5. The van der Waals surface area contributed by atoms with E-state index >= 15 is 0 Å². The molecule has 0 N–H and O–H groups in total. The van der Waals surface area contributed by atoms with Gasteiger partial charge in [0.2, 0.25) is 5.91 Å². The van der Waals surface area contributed by atoms with Crippen molar-refractivity contribution in [2.24, 2.45) is 0 Å². The fourth-order valence-electron chi connectivity index (χ4n) is 1.98. The highest BCUT2D eigenvalue weighted by Crippen LogP contribution is 2.40. The Balaban J connectivity index is 2.46. The Morgan fingerprint density at radius 1 is 1.29 bits per heavy atom. The van der Waals surface area contributed by atoms with Crippen LogP contribution in [0.1, 0.15) is 6.42 Å². The average molecular weight is 256 g/mol. The van der Waals surface area contributed by atoms with Crippen molar-refractivity contribution in [1.82, 2.24) is 0 Å². The number of ether oxygens (including phenoxy) is 2. The average Bonchev–Trinajstić information content (AvgIpc) is 2.67. The summed E-state index contributed by atoms with van der Waals surface area (Å²) in [5.41, 5.74) is 0.658. The molecule has 1 atom stereocenters. The Morgan fingerprint density at radius 2 is 1.88 bits per heavy atom. The molecule has 0 aliphatic carbocycles. The fourth-order valence-corrected chi connectivity index (χ4v) is 2.25. The molecule has 1 unspecified atom stereocenters. The van der Waals surface area contributed by atoms with Crippen LogP contribution in [-0.4, -0.2) is 32.0 Å². The molecule has 1 aromatic carbocycles. The quantitative estimate of drug-likeness (QED) is 0.776. The van der Waals surface area contributed by atoms with Gasteiger partial charge >= 0.3 is 0 Å². The summed E-state index contributed by atoms with van der Waals surface area (Å²) in [7, 11) is 3.13. The minimum Gasteiger partial charge on any atom is -0.494 e. The number of anilines is 1. The predicted molar refractivity (Wildman–Crippen MR) is 66.2 cm³/mol. The molecular formula is C12H14ClNO3. The summed E-state index contributed by atoms with van der Waals surface area (Å²) in [5.74, 6) is 1.22. The Hall–Kier alpha value is -1.42. The van der Waals surface area contributed by atoms with Gasteiger partial charge < -0.3 is 14.4 Å². The van der Waals surface area contributed by atoms with E-state index in [-0.39, 0.29) is 11.3 Å². The lowest BCUT2D eigenvalue weighted by atomic mass is 10.2. The van der Waals surface area contributed by atoms with Crippen LogP contribution in [-0.2, 0) is 4.79 Å². The van der Waals surface area contributed by atoms with E-state index in [0.29, 0.717) is 30.2 Å². The van der Waals surface area contributed by atoms with E-state index in [2.05, 4.69) is 0 Å². The van der Waals surface area contributed by atoms with Crippen LogP contribution in [0.4, 0.5) is 5.69 Å². The lowest BCUT2D eigenvalue weighted by Gasteiger charge is -2.21. The second-order valence-electron chi connectivity index (χ2n) is 3.82. The minimum absolute atomic E-state index is 0.00667. The van der Waals surface area contributed by atoms with Crippen molar-refractivity contribution in [2.45, 2.75) is 11.8 Å². The third kappa shape index (κ3) is 2.17. The highest BCUT2D eigenvalue weighted by molar-refractivity contribution is 6.24. The number of methoxy groups -OCH3 is 2. The molecule has 1 heterocycles. The summed E-state index contributed by atoms with van der Waals surface area (Å²) >= 11 is 6.00. The number of amides is 1. The van der Waals surface area contributed by atoms with E-state index in [0.717, 1.165) is 0 Å². The van der Waals surface area contributed by atoms with Crippen LogP contribution in [0.25, 0.3) is 0 Å². The van der Waals surface area contributed by atoms with Gasteiger partial charge in [-0.2, -0.15) is 0 Å². The number of carbonyl (C=O) groups excluding carboxylic acids is 1. The highest BCUT2D eigenvalue weighted by atomic mass is 35.5. The molecule has 0 bridgehead atoms. The van der Waals surface area contributed by atoms with Gasteiger partial charge in [0.05, 0.1) is 19.6 Å². The van der Waals surface area contributed by atoms with Crippen molar-refractivity contribution in [3.8, 4) is 11.5 Å². The molecule has 17 heavy (non-hydrogen) atoms. The van der Waals surface area contributed by atoms with Gasteiger partial charge in [-0.25, -0.2) is 0 Å². The van der Waals surface area contributed by atoms with Crippen molar-refractivity contribution < 1.29 is 14.3 Å². The van der Waals surface area contributed by atoms with Crippen molar-refractivity contribution in [1.29, 1.82) is 0 Å². The topological polar surface area (TPSA) is 38.8 Å². The van der Waals surface area contributed by atoms with Crippen LogP contribution >= 0.6 is 11.6 Å². The molecule has 1 aliphatic rings. The molecule has 0 saturated carbocycles. The van der Waals surface area contributed by atoms with Gasteiger partial charge in [0.15, 0.2) is 0 Å². The lowest BCUT2D eigenvalue weighted by molar-refractivity contribution is -0.117. The molecule has 92 valence electrons. The number of carbonyl (C=O) groups is 1. The standard InChI is InChI=1S/C12H14ClNO3/c1-16-9-4-3-5-10(17-2)12(9)14-7-8(13)6-11(14)15/h3-5,8H,6-7H2,1-2H3. The number of halogens is 1. The van der Waals surface area contributed by atoms with E-state index in [9.17, 15) is 4.79 Å². The number of para-hydroxylation sites is 1. The van der Waals surface area contributed by atoms with E-state index in [1.54, 1.807) is 31.3 Å². The van der Waals surface area contributed by atoms with Crippen molar-refractivity contribution in [3.05, 3.63) is 18.2 Å². The Bertz CT molecular complexity index is 414. The van der Waals surface area contributed by atoms with Gasteiger partial charge in [-0.3, -0.25) is 4.79 Å². The maximum Gasteiger partial charge on any atom is 0.228 e. The normalized spacial score (nSPS) is 19.6. The number of rotatable bonds is 3. The van der Waals surface area contributed by atoms with Crippen LogP contribution < -0.4 is 14.4 Å². The van der Waals surface area contributed by atoms with E-state index in [1.807, 2.05) is 6.07 Å². The van der Waals surface area contributed by atoms with E-state index in [4.69, 9.17) is 21.1 Å². The molecule has 1 aromatic rings. The first kappa shape index (κ1) is 12.0. The lowest BCUT2D eigenvalue weighted by Crippen LogP contribution is -2.25. The molecule has 1 aliphatic heterocycles. The van der Waals surface area contributed by atoms with Crippen LogP contribution in [0.2, 0.25) is 0 Å². The molecule has 5 heteroatoms. The number of nitrogens with zero attached hydrogens (tertiary/aromatic N) is 1. The minimum atomic E-state index is -0.155. The first-order valence-electron chi connectivity index (χ1n) is 5.32. The number of benzene rings is 1. The van der Waals surface area contributed by atoms with E-state index < -0.39 is 0 Å². The Labute approximate surface area is 105 Å². The summed E-state index contributed by atoms with van der Waals surface area (Å²) in [6.45, 7) is 0.483. The zero-order chi connectivity index (χ0) is 12.4. The second-order valence-corrected chi connectivity index (χ2v) is 4.43. The summed E-state index contributed by atoms with van der Waals surface area (Å²) in [6.07, 6.45) is 0.350. The molecule has 0 radical (unpaired) electrons. The molecule has 1 saturated heterocycles. The SMILES string of the molecule is COc1cccc(OC)c1N1CC(Cl)CC1=O. The third-order valence-corrected chi connectivity index (χ3v) is 3.04. The predicted octanol–water partition coefficient (Wildman–Crippen LogP) is 2.05. The van der Waals surface area contributed by atoms with Crippen LogP contribution in [0, 0.1) is 0 Å². The summed E-state index contributed by atoms with van der Waals surface area (Å²) in [6, 6.07) is 5.42. The molecule has 1 fully saturated rings. The van der Waals surface area contributed by atoms with Crippen LogP contribution in [0.15, 0.2) is 18.2 Å². The summed E-state index contributed by atoms with van der Waals surface area (Å²) in [5, 5.41) is -0.155. The van der Waals surface area contributed by atoms with Crippen LogP contribution in [0.3, 0.4) is 0 Å². The molecule has 4 nitrogen and oxygen atoms in total. The van der Waals surface area contributed by atoms with Gasteiger partial charge in [0.1, 0.15) is 17.2 Å². The highest BCUT2D eigenvalue weighted by Gasteiger charge is 2.32. The van der Waals surface area contributed by atoms with Gasteiger partial charge in [0.25, 0.3) is 0 Å². The molecule has 0 aromatic heterocycles. The molecule has 0 spiro atoms. The first-order chi connectivity index (χ1) is 8.17. The largest absolute Gasteiger partial charge is 0.494 e. The van der Waals surface area contributed by atoms with Gasteiger partial charge in [-0.15, -0.1) is 11.6 Å². The number of hydrogen-bond acceptors (Lipinski definition) is 3. The maximum atomic E-state index is 11.9. The Morgan fingerprint density at radius 3 is 2.29 bits per heavy atom. The first-order valence-corrected chi connectivity index (χ1v) is 5.76. The molecular weight excluding hydrogens is 242 g/mol. The van der Waals surface area contributed by atoms with E-state index in [1.165, 1.54) is 0 Å². The third-order valence-electron chi connectivity index (χ3n) is 2.75. The smallest absolute Gasteiger partial charge is 0.228 e. The zero-order valence-corrected chi connectivity index (χ0v) is 10.5. The second kappa shape index (κ2) is 4.84. The number of hydrogen-bond donors (Lipinski definition) is 0. The Kier molecular flexibility index (Phi) is 3.43. The van der Waals surface area contributed by atoms with Crippen molar-refractivity contribution >= 4 is 23.2 Å². The van der Waals surface area contributed by atoms with Crippen molar-refractivity contribution in [3.63, 3.8) is 0 Å². The maximum absolute atomic E-state index is 11.9. The molecule has 2 rings (SSSR count). The van der Waals surface area contributed by atoms with Crippen LogP contribution in [0.5, 0.6) is 11.5 Å². The van der Waals surface area contributed by atoms with Gasteiger partial charge in [0, 0.05) is 13.0 Å². The monoisotopic (exact) mass is 255 g/mol. The zero-order valence-electron chi connectivity index (χ0n) is 9.77. The fraction of sp³-hybridized carbons (Fsp3) is 0.417. The summed E-state index contributed by atoms with van der Waals surface area (Å²) < 4.78 is 10.5. The number of alkyl halides is 1. The van der Waals surface area contributed by atoms with Crippen molar-refractivity contribution in [2.75, 3.05) is 25.7 Å². The molecule has 1 amide bonds. The van der Waals surface area contributed by atoms with Gasteiger partial charge in [-0.1, -0.05) is 6.07 Å².